The fourth-order valence-corrected chi connectivity index (χ4v) is 4.12. The summed E-state index contributed by atoms with van der Waals surface area (Å²) in [5.41, 5.74) is 0.540. The predicted octanol–water partition coefficient (Wildman–Crippen LogP) is 6.76. The Kier molecular flexibility index (Phi) is 6.39. The van der Waals surface area contributed by atoms with Crippen molar-refractivity contribution < 1.29 is 22.7 Å². The van der Waals surface area contributed by atoms with E-state index >= 15 is 0 Å². The molecule has 0 aliphatic carbocycles. The molecule has 12 heteroatoms. The summed E-state index contributed by atoms with van der Waals surface area (Å²) in [5, 5.41) is 9.67. The van der Waals surface area contributed by atoms with Crippen LogP contribution in [0.1, 0.15) is 34.6 Å². The molecule has 6 nitrogen and oxygen atoms in total. The number of amides is 1. The Morgan fingerprint density at radius 3 is 2.45 bits per heavy atom. The largest absolute Gasteiger partial charge is 0.497 e. The van der Waals surface area contributed by atoms with E-state index in [9.17, 15) is 18.0 Å². The van der Waals surface area contributed by atoms with Crippen molar-refractivity contribution in [2.45, 2.75) is 24.7 Å². The van der Waals surface area contributed by atoms with E-state index in [0.717, 1.165) is 0 Å². The van der Waals surface area contributed by atoms with Gasteiger partial charge in [0.05, 0.1) is 23.2 Å². The van der Waals surface area contributed by atoms with Gasteiger partial charge < -0.3 is 15.4 Å². The molecule has 2 aromatic carbocycles. The number of carbonyl (C=O) groups excluding carboxylic acids is 1. The smallest absolute Gasteiger partial charge is 0.410 e. The molecule has 0 unspecified atom stereocenters. The molecule has 0 radical (unpaired) electrons. The summed E-state index contributed by atoms with van der Waals surface area (Å²) < 4.78 is 47.6. The van der Waals surface area contributed by atoms with E-state index in [4.69, 9.17) is 39.5 Å². The van der Waals surface area contributed by atoms with Crippen LogP contribution in [-0.2, 0) is 0 Å². The quantitative estimate of drug-likeness (QED) is 0.399. The van der Waals surface area contributed by atoms with E-state index < -0.39 is 24.2 Å². The molecule has 174 valence electrons. The first-order valence-electron chi connectivity index (χ1n) is 9.60. The van der Waals surface area contributed by atoms with E-state index in [-0.39, 0.29) is 38.7 Å². The summed E-state index contributed by atoms with van der Waals surface area (Å²) in [7, 11) is 1.50. The standard InChI is InChI=1S/C21H16Cl3F3N4O2/c1-33-12-5-2-10(3-6-12)15-9-16(21(25,26)27)31-19(29-15)17(24)18(30-31)20(32)28-11-4-7-13(22)14(23)8-11/h2-8,15-16,29H,9H2,1H3,(H,28,32)/t15-,16-/m0/s1. The van der Waals surface area contributed by atoms with Crippen LogP contribution in [0.25, 0.3) is 0 Å². The zero-order valence-corrected chi connectivity index (χ0v) is 19.1. The molecule has 3 aromatic rings. The van der Waals surface area contributed by atoms with Gasteiger partial charge in [-0.1, -0.05) is 46.9 Å². The molecule has 1 amide bonds. The van der Waals surface area contributed by atoms with Gasteiger partial charge in [0, 0.05) is 12.1 Å². The minimum Gasteiger partial charge on any atom is -0.497 e. The number of alkyl halides is 3. The summed E-state index contributed by atoms with van der Waals surface area (Å²) in [5.74, 6) is -0.305. The van der Waals surface area contributed by atoms with Crippen LogP contribution in [0.5, 0.6) is 5.75 Å². The molecule has 2 N–H and O–H groups in total. The number of methoxy groups -OCH3 is 1. The second-order valence-corrected chi connectivity index (χ2v) is 8.49. The van der Waals surface area contributed by atoms with E-state index in [1.165, 1.54) is 25.3 Å². The third kappa shape index (κ3) is 4.71. The predicted molar refractivity (Wildman–Crippen MR) is 121 cm³/mol. The molecular formula is C21H16Cl3F3N4O2. The first kappa shape index (κ1) is 23.5. The van der Waals surface area contributed by atoms with Crippen LogP contribution in [0.2, 0.25) is 15.1 Å². The average molecular weight is 520 g/mol. The van der Waals surface area contributed by atoms with Gasteiger partial charge in [-0.3, -0.25) is 4.79 Å². The summed E-state index contributed by atoms with van der Waals surface area (Å²) in [6.07, 6.45) is -4.96. The molecule has 0 spiro atoms. The second kappa shape index (κ2) is 8.96. The van der Waals surface area contributed by atoms with Crippen molar-refractivity contribution in [2.24, 2.45) is 0 Å². The van der Waals surface area contributed by atoms with Gasteiger partial charge >= 0.3 is 6.18 Å². The van der Waals surface area contributed by atoms with Crippen molar-refractivity contribution in [3.63, 3.8) is 0 Å². The number of halogens is 6. The van der Waals surface area contributed by atoms with Crippen LogP contribution in [0.3, 0.4) is 0 Å². The van der Waals surface area contributed by atoms with Gasteiger partial charge in [-0.05, 0) is 35.9 Å². The normalized spacial score (nSPS) is 17.8. The maximum Gasteiger partial charge on any atom is 0.410 e. The van der Waals surface area contributed by atoms with Crippen LogP contribution < -0.4 is 15.4 Å². The van der Waals surface area contributed by atoms with Gasteiger partial charge in [-0.15, -0.1) is 0 Å². The lowest BCUT2D eigenvalue weighted by Gasteiger charge is -2.33. The summed E-state index contributed by atoms with van der Waals surface area (Å²) >= 11 is 18.1. The van der Waals surface area contributed by atoms with Crippen molar-refractivity contribution >= 4 is 52.2 Å². The van der Waals surface area contributed by atoms with Crippen LogP contribution in [-0.4, -0.2) is 29.0 Å². The lowest BCUT2D eigenvalue weighted by Crippen LogP contribution is -2.35. The molecule has 2 atom stereocenters. The number of ether oxygens (including phenoxy) is 1. The average Bonchev–Trinajstić information content (AvgIpc) is 3.11. The molecule has 4 rings (SSSR count). The lowest BCUT2D eigenvalue weighted by atomic mass is 9.97. The number of rotatable bonds is 4. The third-order valence-electron chi connectivity index (χ3n) is 5.21. The molecule has 1 aromatic heterocycles. The van der Waals surface area contributed by atoms with E-state index in [1.807, 2.05) is 0 Å². The summed E-state index contributed by atoms with van der Waals surface area (Å²) in [4.78, 5) is 12.8. The summed E-state index contributed by atoms with van der Waals surface area (Å²) in [6, 6.07) is 8.32. The van der Waals surface area contributed by atoms with Gasteiger partial charge in [0.25, 0.3) is 5.91 Å². The highest BCUT2D eigenvalue weighted by molar-refractivity contribution is 6.42. The molecule has 1 aliphatic heterocycles. The van der Waals surface area contributed by atoms with Crippen LogP contribution in [0, 0.1) is 0 Å². The Bertz CT molecular complexity index is 1200. The Hall–Kier alpha value is -2.62. The zero-order chi connectivity index (χ0) is 23.9. The van der Waals surface area contributed by atoms with Crippen molar-refractivity contribution in [3.8, 4) is 5.75 Å². The number of hydrogen-bond acceptors (Lipinski definition) is 4. The molecular weight excluding hydrogens is 504 g/mol. The Morgan fingerprint density at radius 1 is 1.15 bits per heavy atom. The number of fused-ring (bicyclic) bond motifs is 1. The van der Waals surface area contributed by atoms with E-state index in [1.54, 1.807) is 24.3 Å². The van der Waals surface area contributed by atoms with Crippen molar-refractivity contribution in [1.82, 2.24) is 9.78 Å². The van der Waals surface area contributed by atoms with Gasteiger partial charge in [0.15, 0.2) is 11.7 Å². The maximum atomic E-state index is 13.9. The number of benzene rings is 2. The topological polar surface area (TPSA) is 68.2 Å². The summed E-state index contributed by atoms with van der Waals surface area (Å²) in [6.45, 7) is 0. The minimum absolute atomic E-state index is 0.0923. The molecule has 0 fully saturated rings. The Labute approximate surface area is 201 Å². The maximum absolute atomic E-state index is 13.9. The lowest BCUT2D eigenvalue weighted by molar-refractivity contribution is -0.173. The van der Waals surface area contributed by atoms with Crippen molar-refractivity contribution in [3.05, 3.63) is 68.8 Å². The number of aromatic nitrogens is 2. The van der Waals surface area contributed by atoms with Crippen LogP contribution >= 0.6 is 34.8 Å². The fourth-order valence-electron chi connectivity index (χ4n) is 3.55. The van der Waals surface area contributed by atoms with Gasteiger partial charge in [0.1, 0.15) is 16.6 Å². The number of anilines is 2. The first-order chi connectivity index (χ1) is 15.6. The molecule has 2 heterocycles. The Balaban J connectivity index is 1.68. The highest BCUT2D eigenvalue weighted by Gasteiger charge is 2.47. The van der Waals surface area contributed by atoms with Gasteiger partial charge in [-0.2, -0.15) is 18.3 Å². The molecule has 0 saturated carbocycles. The van der Waals surface area contributed by atoms with Crippen LogP contribution in [0.4, 0.5) is 24.7 Å². The molecule has 1 aliphatic rings. The number of nitrogens with one attached hydrogen (secondary N) is 2. The SMILES string of the molecule is COc1ccc([C@@H]2C[C@@H](C(F)(F)F)n3nc(C(=O)Nc4ccc(Cl)c(Cl)c4)c(Cl)c3N2)cc1. The van der Waals surface area contributed by atoms with Gasteiger partial charge in [-0.25, -0.2) is 4.68 Å². The Morgan fingerprint density at radius 2 is 1.85 bits per heavy atom. The monoisotopic (exact) mass is 518 g/mol. The number of carbonyl (C=O) groups is 1. The zero-order valence-electron chi connectivity index (χ0n) is 16.9. The van der Waals surface area contributed by atoms with Crippen molar-refractivity contribution in [1.29, 1.82) is 0 Å². The molecule has 0 bridgehead atoms. The molecule has 0 saturated heterocycles. The van der Waals surface area contributed by atoms with Crippen LogP contribution in [0.15, 0.2) is 42.5 Å². The first-order valence-corrected chi connectivity index (χ1v) is 10.7. The number of nitrogens with zero attached hydrogens (tertiary/aromatic N) is 2. The van der Waals surface area contributed by atoms with Crippen molar-refractivity contribution in [2.75, 3.05) is 17.7 Å². The van der Waals surface area contributed by atoms with E-state index in [2.05, 4.69) is 15.7 Å². The highest BCUT2D eigenvalue weighted by atomic mass is 35.5. The second-order valence-electron chi connectivity index (χ2n) is 7.30. The highest BCUT2D eigenvalue weighted by Crippen LogP contribution is 2.46. The third-order valence-corrected chi connectivity index (χ3v) is 6.30. The fraction of sp³-hybridized carbons (Fsp3) is 0.238. The number of hydrogen-bond donors (Lipinski definition) is 2. The molecule has 33 heavy (non-hydrogen) atoms. The minimum atomic E-state index is -4.62. The van der Waals surface area contributed by atoms with E-state index in [0.29, 0.717) is 16.0 Å². The van der Waals surface area contributed by atoms with Gasteiger partial charge in [0.2, 0.25) is 0 Å².